The number of piperidine rings is 1. The Kier molecular flexibility index (Phi) is 9.10. The van der Waals surface area contributed by atoms with E-state index < -0.39 is 0 Å². The number of benzene rings is 1. The fraction of sp³-hybridized carbons (Fsp3) is 0.571. The summed E-state index contributed by atoms with van der Waals surface area (Å²) < 4.78 is 0. The van der Waals surface area contributed by atoms with Crippen LogP contribution in [0.25, 0.3) is 0 Å². The number of amides is 1. The van der Waals surface area contributed by atoms with E-state index in [0.717, 1.165) is 50.1 Å². The molecular formula is C28H39NO2S. The van der Waals surface area contributed by atoms with Crippen molar-refractivity contribution < 1.29 is 9.59 Å². The number of likely N-dealkylation sites (tertiary alicyclic amines) is 1. The number of hydrogen-bond acceptors (Lipinski definition) is 3. The summed E-state index contributed by atoms with van der Waals surface area (Å²) in [5.74, 6) is 0.386. The van der Waals surface area contributed by atoms with E-state index in [4.69, 9.17) is 0 Å². The standard InChI is InChI=1S/C28H39NO2S/c1-22-12-14-23(15-13-22)10-6-4-7-11-24-16-17-26(32-24)25(30)20-28(2,3)21-27(31)29-18-8-5-9-19-29/h12-17H,4-11,18-21H2,1-3H3. The lowest BCUT2D eigenvalue weighted by molar-refractivity contribution is -0.134. The molecule has 0 atom stereocenters. The van der Waals surface area contributed by atoms with E-state index in [-0.39, 0.29) is 17.1 Å². The molecule has 1 fully saturated rings. The molecule has 0 bridgehead atoms. The van der Waals surface area contributed by atoms with Crippen molar-refractivity contribution in [3.8, 4) is 0 Å². The number of unbranched alkanes of at least 4 members (excludes halogenated alkanes) is 2. The molecule has 1 aromatic heterocycles. The predicted molar refractivity (Wildman–Crippen MR) is 135 cm³/mol. The van der Waals surface area contributed by atoms with Crippen LogP contribution >= 0.6 is 11.3 Å². The lowest BCUT2D eigenvalue weighted by Crippen LogP contribution is -2.38. The Hall–Kier alpha value is -1.94. The minimum absolute atomic E-state index is 0.178. The van der Waals surface area contributed by atoms with Gasteiger partial charge in [-0.2, -0.15) is 0 Å². The van der Waals surface area contributed by atoms with Crippen LogP contribution in [0.3, 0.4) is 0 Å². The van der Waals surface area contributed by atoms with Gasteiger partial charge in [-0.3, -0.25) is 9.59 Å². The van der Waals surface area contributed by atoms with E-state index >= 15 is 0 Å². The Labute approximate surface area is 198 Å². The van der Waals surface area contributed by atoms with Gasteiger partial charge < -0.3 is 4.90 Å². The van der Waals surface area contributed by atoms with Crippen molar-refractivity contribution in [3.63, 3.8) is 0 Å². The van der Waals surface area contributed by atoms with Crippen molar-refractivity contribution >= 4 is 23.0 Å². The third kappa shape index (κ3) is 7.88. The summed E-state index contributed by atoms with van der Waals surface area (Å²) in [6.45, 7) is 7.98. The molecule has 3 rings (SSSR count). The molecular weight excluding hydrogens is 414 g/mol. The Morgan fingerprint density at radius 2 is 1.56 bits per heavy atom. The monoisotopic (exact) mass is 453 g/mol. The van der Waals surface area contributed by atoms with Gasteiger partial charge in [0.25, 0.3) is 0 Å². The van der Waals surface area contributed by atoms with Gasteiger partial charge in [0.1, 0.15) is 0 Å². The number of carbonyl (C=O) groups is 2. The molecule has 0 spiro atoms. The lowest BCUT2D eigenvalue weighted by Gasteiger charge is -2.31. The zero-order chi connectivity index (χ0) is 23.0. The minimum atomic E-state index is -0.300. The molecule has 32 heavy (non-hydrogen) atoms. The summed E-state index contributed by atoms with van der Waals surface area (Å²) in [6, 6.07) is 12.9. The number of hydrogen-bond donors (Lipinski definition) is 0. The number of carbonyl (C=O) groups excluding carboxylic acids is 2. The topological polar surface area (TPSA) is 37.4 Å². The normalized spacial score (nSPS) is 14.5. The number of thiophene rings is 1. The summed E-state index contributed by atoms with van der Waals surface area (Å²) in [5.41, 5.74) is 2.43. The number of nitrogens with zero attached hydrogens (tertiary/aromatic N) is 1. The van der Waals surface area contributed by atoms with Crippen molar-refractivity contribution in [2.24, 2.45) is 5.41 Å². The van der Waals surface area contributed by atoms with Gasteiger partial charge in [-0.15, -0.1) is 11.3 Å². The number of ketones is 1. The van der Waals surface area contributed by atoms with E-state index in [2.05, 4.69) is 51.1 Å². The smallest absolute Gasteiger partial charge is 0.223 e. The van der Waals surface area contributed by atoms with Gasteiger partial charge in [0, 0.05) is 30.8 Å². The first-order valence-electron chi connectivity index (χ1n) is 12.3. The van der Waals surface area contributed by atoms with Crippen LogP contribution in [0.1, 0.15) is 90.9 Å². The molecule has 0 unspecified atom stereocenters. The maximum absolute atomic E-state index is 12.9. The third-order valence-electron chi connectivity index (χ3n) is 6.42. The first-order valence-corrected chi connectivity index (χ1v) is 13.1. The second-order valence-electron chi connectivity index (χ2n) is 10.2. The molecule has 0 radical (unpaired) electrons. The lowest BCUT2D eigenvalue weighted by atomic mass is 9.83. The zero-order valence-corrected chi connectivity index (χ0v) is 20.9. The Bertz CT molecular complexity index is 875. The maximum Gasteiger partial charge on any atom is 0.223 e. The van der Waals surface area contributed by atoms with Crippen LogP contribution in [-0.4, -0.2) is 29.7 Å². The van der Waals surface area contributed by atoms with Crippen LogP contribution in [0.2, 0.25) is 0 Å². The van der Waals surface area contributed by atoms with Gasteiger partial charge in [0.05, 0.1) is 4.88 Å². The van der Waals surface area contributed by atoms with Gasteiger partial charge in [-0.25, -0.2) is 0 Å². The third-order valence-corrected chi connectivity index (χ3v) is 7.61. The fourth-order valence-electron chi connectivity index (χ4n) is 4.47. The summed E-state index contributed by atoms with van der Waals surface area (Å²) in [5, 5.41) is 0. The molecule has 1 amide bonds. The maximum atomic E-state index is 12.9. The van der Waals surface area contributed by atoms with Gasteiger partial charge in [0.15, 0.2) is 5.78 Å². The van der Waals surface area contributed by atoms with Crippen molar-refractivity contribution in [1.29, 1.82) is 0 Å². The number of rotatable bonds is 11. The Morgan fingerprint density at radius 1 is 0.875 bits per heavy atom. The zero-order valence-electron chi connectivity index (χ0n) is 20.1. The average molecular weight is 454 g/mol. The molecule has 174 valence electrons. The molecule has 1 saturated heterocycles. The van der Waals surface area contributed by atoms with E-state index in [1.165, 1.54) is 35.3 Å². The van der Waals surface area contributed by atoms with Crippen molar-refractivity contribution in [1.82, 2.24) is 4.90 Å². The van der Waals surface area contributed by atoms with Crippen molar-refractivity contribution in [3.05, 3.63) is 57.3 Å². The molecule has 2 heterocycles. The van der Waals surface area contributed by atoms with Crippen LogP contribution in [0.4, 0.5) is 0 Å². The Morgan fingerprint density at radius 3 is 2.28 bits per heavy atom. The number of Topliss-reactive ketones (excluding diaryl/α,β-unsaturated/α-hetero) is 1. The van der Waals surface area contributed by atoms with Crippen LogP contribution in [0.5, 0.6) is 0 Å². The SMILES string of the molecule is Cc1ccc(CCCCCc2ccc(C(=O)CC(C)(C)CC(=O)N3CCCCC3)s2)cc1. The van der Waals surface area contributed by atoms with E-state index in [9.17, 15) is 9.59 Å². The van der Waals surface area contributed by atoms with E-state index in [1.807, 2.05) is 11.0 Å². The first kappa shape index (κ1) is 24.7. The van der Waals surface area contributed by atoms with Gasteiger partial charge in [-0.05, 0) is 75.0 Å². The van der Waals surface area contributed by atoms with Gasteiger partial charge in [0.2, 0.25) is 5.91 Å². The van der Waals surface area contributed by atoms with Gasteiger partial charge >= 0.3 is 0 Å². The van der Waals surface area contributed by atoms with Crippen LogP contribution in [-0.2, 0) is 17.6 Å². The Balaban J connectivity index is 1.39. The average Bonchev–Trinajstić information content (AvgIpc) is 3.24. The second kappa shape index (κ2) is 11.8. The summed E-state index contributed by atoms with van der Waals surface area (Å²) in [7, 11) is 0. The minimum Gasteiger partial charge on any atom is -0.343 e. The highest BCUT2D eigenvalue weighted by Crippen LogP contribution is 2.30. The molecule has 3 nitrogen and oxygen atoms in total. The van der Waals surface area contributed by atoms with Crippen LogP contribution in [0, 0.1) is 12.3 Å². The summed E-state index contributed by atoms with van der Waals surface area (Å²) in [4.78, 5) is 29.6. The number of aryl methyl sites for hydroxylation is 3. The van der Waals surface area contributed by atoms with Crippen LogP contribution < -0.4 is 0 Å². The predicted octanol–water partition coefficient (Wildman–Crippen LogP) is 7.01. The molecule has 1 aliphatic heterocycles. The summed E-state index contributed by atoms with van der Waals surface area (Å²) in [6.07, 6.45) is 10.1. The fourth-order valence-corrected chi connectivity index (χ4v) is 5.46. The molecule has 0 aliphatic carbocycles. The highest BCUT2D eigenvalue weighted by Gasteiger charge is 2.29. The highest BCUT2D eigenvalue weighted by atomic mass is 32.1. The first-order chi connectivity index (χ1) is 15.3. The molecule has 0 N–H and O–H groups in total. The van der Waals surface area contributed by atoms with Crippen LogP contribution in [0.15, 0.2) is 36.4 Å². The van der Waals surface area contributed by atoms with Crippen molar-refractivity contribution in [2.45, 2.75) is 85.0 Å². The van der Waals surface area contributed by atoms with Gasteiger partial charge in [-0.1, -0.05) is 50.1 Å². The second-order valence-corrected chi connectivity index (χ2v) is 11.4. The quantitative estimate of drug-likeness (QED) is 0.271. The molecule has 1 aliphatic rings. The summed E-state index contributed by atoms with van der Waals surface area (Å²) >= 11 is 1.64. The molecule has 0 saturated carbocycles. The van der Waals surface area contributed by atoms with E-state index in [0.29, 0.717) is 12.8 Å². The molecule has 2 aromatic rings. The van der Waals surface area contributed by atoms with Crippen molar-refractivity contribution in [2.75, 3.05) is 13.1 Å². The largest absolute Gasteiger partial charge is 0.343 e. The highest BCUT2D eigenvalue weighted by molar-refractivity contribution is 7.14. The molecule has 4 heteroatoms. The van der Waals surface area contributed by atoms with E-state index in [1.54, 1.807) is 11.3 Å². The molecule has 1 aromatic carbocycles.